The number of rotatable bonds is 4. The number of carbonyl (C=O) groups excluding carboxylic acids is 1. The number of piperidine rings is 1. The number of nitrogens with one attached hydrogen (secondary N) is 2. The van der Waals surface area contributed by atoms with E-state index in [0.29, 0.717) is 53.8 Å². The number of aromatic amines is 2. The zero-order valence-corrected chi connectivity index (χ0v) is 18.1. The molecule has 0 atom stereocenters. The Morgan fingerprint density at radius 1 is 1.09 bits per heavy atom. The van der Waals surface area contributed by atoms with Crippen molar-refractivity contribution in [2.45, 2.75) is 18.9 Å². The molecule has 33 heavy (non-hydrogen) atoms. The summed E-state index contributed by atoms with van der Waals surface area (Å²) in [6, 6.07) is 14.1. The Bertz CT molecular complexity index is 1440. The molecule has 4 aromatic rings. The number of amides is 1. The molecular weight excluding hydrogens is 422 g/mol. The largest absolute Gasteiger partial charge is 0.497 e. The van der Waals surface area contributed by atoms with E-state index in [1.54, 1.807) is 36.3 Å². The minimum absolute atomic E-state index is 0.139. The second-order valence-electron chi connectivity index (χ2n) is 8.06. The third-order valence-electron chi connectivity index (χ3n) is 6.18. The molecule has 0 aliphatic carbocycles. The predicted molar refractivity (Wildman–Crippen MR) is 124 cm³/mol. The molecular formula is C24H23N5O4. The van der Waals surface area contributed by atoms with Crippen LogP contribution >= 0.6 is 0 Å². The zero-order chi connectivity index (χ0) is 22.9. The fraction of sp³-hybridized carbons (Fsp3) is 0.250. The van der Waals surface area contributed by atoms with Crippen LogP contribution in [0.4, 0.5) is 0 Å². The number of methoxy groups -OCH3 is 1. The van der Waals surface area contributed by atoms with Crippen LogP contribution in [0.5, 0.6) is 5.75 Å². The van der Waals surface area contributed by atoms with Crippen molar-refractivity contribution >= 4 is 16.8 Å². The van der Waals surface area contributed by atoms with Crippen LogP contribution in [-0.4, -0.2) is 50.8 Å². The van der Waals surface area contributed by atoms with Gasteiger partial charge in [0.05, 0.1) is 35.5 Å². The number of hydrogen-bond donors (Lipinski definition) is 2. The first-order valence-electron chi connectivity index (χ1n) is 10.8. The van der Waals surface area contributed by atoms with Gasteiger partial charge in [0.15, 0.2) is 0 Å². The van der Waals surface area contributed by atoms with Gasteiger partial charge >= 0.3 is 5.69 Å². The predicted octanol–water partition coefficient (Wildman–Crippen LogP) is 2.57. The van der Waals surface area contributed by atoms with Crippen molar-refractivity contribution in [3.05, 3.63) is 81.1 Å². The van der Waals surface area contributed by atoms with E-state index in [-0.39, 0.29) is 17.5 Å². The number of para-hydroxylation sites is 1. The molecule has 1 aliphatic heterocycles. The molecule has 0 spiro atoms. The van der Waals surface area contributed by atoms with Gasteiger partial charge in [-0.3, -0.25) is 19.3 Å². The van der Waals surface area contributed by atoms with Gasteiger partial charge in [0, 0.05) is 24.7 Å². The van der Waals surface area contributed by atoms with Crippen molar-refractivity contribution in [1.82, 2.24) is 24.6 Å². The van der Waals surface area contributed by atoms with Gasteiger partial charge in [-0.2, -0.15) is 5.10 Å². The van der Waals surface area contributed by atoms with Gasteiger partial charge in [0.2, 0.25) is 0 Å². The maximum Gasteiger partial charge on any atom is 0.329 e. The highest BCUT2D eigenvalue weighted by Crippen LogP contribution is 2.28. The Labute approximate surface area is 188 Å². The maximum absolute atomic E-state index is 13.3. The number of fused-ring (bicyclic) bond motifs is 1. The first-order valence-corrected chi connectivity index (χ1v) is 10.8. The lowest BCUT2D eigenvalue weighted by Crippen LogP contribution is -2.45. The molecule has 9 nitrogen and oxygen atoms in total. The van der Waals surface area contributed by atoms with Crippen molar-refractivity contribution in [2.24, 2.45) is 0 Å². The molecule has 1 amide bonds. The Morgan fingerprint density at radius 3 is 2.67 bits per heavy atom. The lowest BCUT2D eigenvalue weighted by molar-refractivity contribution is 0.0693. The van der Waals surface area contributed by atoms with E-state index in [0.717, 1.165) is 5.56 Å². The maximum atomic E-state index is 13.3. The summed E-state index contributed by atoms with van der Waals surface area (Å²) in [4.78, 5) is 43.4. The topological polar surface area (TPSA) is 113 Å². The van der Waals surface area contributed by atoms with Crippen LogP contribution in [0.2, 0.25) is 0 Å². The molecule has 1 aliphatic rings. The summed E-state index contributed by atoms with van der Waals surface area (Å²) in [5, 5.41) is 7.48. The van der Waals surface area contributed by atoms with Gasteiger partial charge in [-0.1, -0.05) is 24.3 Å². The number of nitrogens with zero attached hydrogens (tertiary/aromatic N) is 3. The number of H-pyrrole nitrogens is 2. The highest BCUT2D eigenvalue weighted by molar-refractivity contribution is 5.99. The second-order valence-corrected chi connectivity index (χ2v) is 8.06. The van der Waals surface area contributed by atoms with Crippen molar-refractivity contribution in [3.63, 3.8) is 0 Å². The Kier molecular flexibility index (Phi) is 5.29. The molecule has 0 radical (unpaired) electrons. The van der Waals surface area contributed by atoms with Crippen LogP contribution in [0, 0.1) is 0 Å². The van der Waals surface area contributed by atoms with Crippen LogP contribution in [0.25, 0.3) is 22.2 Å². The van der Waals surface area contributed by atoms with Crippen molar-refractivity contribution in [3.8, 4) is 17.0 Å². The molecule has 2 aromatic heterocycles. The van der Waals surface area contributed by atoms with Gasteiger partial charge in [0.25, 0.3) is 11.5 Å². The molecule has 168 valence electrons. The highest BCUT2D eigenvalue weighted by atomic mass is 16.5. The molecule has 0 bridgehead atoms. The lowest BCUT2D eigenvalue weighted by atomic mass is 10.0. The average Bonchev–Trinajstić information content (AvgIpc) is 3.34. The summed E-state index contributed by atoms with van der Waals surface area (Å²) in [5.74, 6) is 0.548. The van der Waals surface area contributed by atoms with Crippen LogP contribution in [0.1, 0.15) is 29.2 Å². The minimum Gasteiger partial charge on any atom is -0.497 e. The van der Waals surface area contributed by atoms with Gasteiger partial charge in [-0.05, 0) is 37.1 Å². The fourth-order valence-corrected chi connectivity index (χ4v) is 4.45. The average molecular weight is 445 g/mol. The second kappa shape index (κ2) is 8.42. The first-order chi connectivity index (χ1) is 16.1. The highest BCUT2D eigenvalue weighted by Gasteiger charge is 2.28. The number of aromatic nitrogens is 4. The number of ether oxygens (including phenoxy) is 1. The first kappa shape index (κ1) is 20.7. The molecule has 0 saturated carbocycles. The summed E-state index contributed by atoms with van der Waals surface area (Å²) in [7, 11) is 1.59. The molecule has 1 fully saturated rings. The Hall–Kier alpha value is -4.14. The molecule has 1 saturated heterocycles. The summed E-state index contributed by atoms with van der Waals surface area (Å²) in [6.07, 6.45) is 2.56. The number of hydrogen-bond acceptors (Lipinski definition) is 5. The number of benzene rings is 2. The molecule has 9 heteroatoms. The van der Waals surface area contributed by atoms with Crippen LogP contribution < -0.4 is 16.0 Å². The monoisotopic (exact) mass is 445 g/mol. The van der Waals surface area contributed by atoms with Crippen molar-refractivity contribution in [1.29, 1.82) is 0 Å². The Balaban J connectivity index is 1.36. The van der Waals surface area contributed by atoms with E-state index in [2.05, 4.69) is 15.2 Å². The standard InChI is InChI=1S/C24H23N5O4/c1-33-17-6-4-5-15(13-17)21-19(14-25-27-21)22(30)28-11-9-16(10-12-28)29-23(31)18-7-2-3-8-20(18)26-24(29)32/h2-8,13-14,16H,9-12H2,1H3,(H,25,27)(H,26,32). The quantitative estimate of drug-likeness (QED) is 0.501. The van der Waals surface area contributed by atoms with Gasteiger partial charge in [-0.25, -0.2) is 4.79 Å². The van der Waals surface area contributed by atoms with Gasteiger partial charge < -0.3 is 14.6 Å². The van der Waals surface area contributed by atoms with E-state index in [1.165, 1.54) is 10.8 Å². The van der Waals surface area contributed by atoms with E-state index in [9.17, 15) is 14.4 Å². The Morgan fingerprint density at radius 2 is 1.88 bits per heavy atom. The smallest absolute Gasteiger partial charge is 0.329 e. The molecule has 2 N–H and O–H groups in total. The van der Waals surface area contributed by atoms with E-state index in [1.807, 2.05) is 24.3 Å². The van der Waals surface area contributed by atoms with E-state index in [4.69, 9.17) is 4.74 Å². The third kappa shape index (κ3) is 3.71. The number of carbonyl (C=O) groups is 1. The summed E-state index contributed by atoms with van der Waals surface area (Å²) >= 11 is 0. The lowest BCUT2D eigenvalue weighted by Gasteiger charge is -2.32. The van der Waals surface area contributed by atoms with Crippen LogP contribution in [-0.2, 0) is 0 Å². The molecule has 3 heterocycles. The van der Waals surface area contributed by atoms with Crippen molar-refractivity contribution < 1.29 is 9.53 Å². The van der Waals surface area contributed by atoms with Crippen LogP contribution in [0.3, 0.4) is 0 Å². The number of likely N-dealkylation sites (tertiary alicyclic amines) is 1. The summed E-state index contributed by atoms with van der Waals surface area (Å²) < 4.78 is 6.58. The van der Waals surface area contributed by atoms with Gasteiger partial charge in [0.1, 0.15) is 5.75 Å². The SMILES string of the molecule is COc1cccc(-c2[nH]ncc2C(=O)N2CCC(n3c(=O)[nH]c4ccccc4c3=O)CC2)c1. The fourth-order valence-electron chi connectivity index (χ4n) is 4.45. The third-order valence-corrected chi connectivity index (χ3v) is 6.18. The molecule has 0 unspecified atom stereocenters. The summed E-state index contributed by atoms with van der Waals surface area (Å²) in [6.45, 7) is 0.871. The molecule has 5 rings (SSSR count). The normalized spacial score (nSPS) is 14.5. The summed E-state index contributed by atoms with van der Waals surface area (Å²) in [5.41, 5.74) is 1.72. The van der Waals surface area contributed by atoms with E-state index >= 15 is 0 Å². The van der Waals surface area contributed by atoms with Crippen molar-refractivity contribution in [2.75, 3.05) is 20.2 Å². The zero-order valence-electron chi connectivity index (χ0n) is 18.1. The van der Waals surface area contributed by atoms with Crippen LogP contribution in [0.15, 0.2) is 64.3 Å². The molecule has 2 aromatic carbocycles. The minimum atomic E-state index is -0.418. The van der Waals surface area contributed by atoms with E-state index < -0.39 is 5.69 Å². The van der Waals surface area contributed by atoms with Gasteiger partial charge in [-0.15, -0.1) is 0 Å².